The zero-order chi connectivity index (χ0) is 36.6. The van der Waals surface area contributed by atoms with Gasteiger partial charge in [0.2, 0.25) is 0 Å². The van der Waals surface area contributed by atoms with Crippen LogP contribution < -0.4 is 20.1 Å². The summed E-state index contributed by atoms with van der Waals surface area (Å²) in [6.07, 6.45) is -0.0510. The summed E-state index contributed by atoms with van der Waals surface area (Å²) in [6, 6.07) is 27.3. The summed E-state index contributed by atoms with van der Waals surface area (Å²) in [5, 5.41) is 15.3. The Hall–Kier alpha value is -4.94. The highest BCUT2D eigenvalue weighted by molar-refractivity contribution is 5.92. The lowest BCUT2D eigenvalue weighted by Gasteiger charge is -2.43. The predicted octanol–water partition coefficient (Wildman–Crippen LogP) is 5.95. The number of esters is 1. The molecule has 0 unspecified atom stereocenters. The van der Waals surface area contributed by atoms with Gasteiger partial charge in [0.1, 0.15) is 6.04 Å². The average molecular weight is 710 g/mol. The van der Waals surface area contributed by atoms with Gasteiger partial charge in [-0.1, -0.05) is 73.7 Å². The second-order valence-electron chi connectivity index (χ2n) is 13.3. The Kier molecular flexibility index (Phi) is 12.1. The van der Waals surface area contributed by atoms with Crippen LogP contribution in [0.1, 0.15) is 52.7 Å². The second kappa shape index (κ2) is 17.1. The first-order chi connectivity index (χ1) is 25.3. The van der Waals surface area contributed by atoms with Gasteiger partial charge in [0.05, 0.1) is 40.1 Å². The summed E-state index contributed by atoms with van der Waals surface area (Å²) >= 11 is 0. The molecule has 2 heterocycles. The van der Waals surface area contributed by atoms with E-state index in [0.29, 0.717) is 18.0 Å². The number of carbonyl (C=O) groups is 2. The third kappa shape index (κ3) is 8.74. The highest BCUT2D eigenvalue weighted by atomic mass is 16.7. The third-order valence-corrected chi connectivity index (χ3v) is 9.85. The minimum Gasteiger partial charge on any atom is -0.493 e. The van der Waals surface area contributed by atoms with Crippen molar-refractivity contribution in [3.63, 3.8) is 0 Å². The molecule has 11 heteroatoms. The van der Waals surface area contributed by atoms with Crippen LogP contribution in [-0.4, -0.2) is 68.6 Å². The fourth-order valence-corrected chi connectivity index (χ4v) is 6.95. The molecular weight excluding hydrogens is 662 g/mol. The highest BCUT2D eigenvalue weighted by Crippen LogP contribution is 2.43. The van der Waals surface area contributed by atoms with Gasteiger partial charge in [-0.2, -0.15) is 0 Å². The van der Waals surface area contributed by atoms with Crippen LogP contribution in [0.2, 0.25) is 0 Å². The van der Waals surface area contributed by atoms with Crippen molar-refractivity contribution in [1.82, 2.24) is 10.2 Å². The number of benzene rings is 4. The Morgan fingerprint density at radius 1 is 0.865 bits per heavy atom. The molecule has 1 saturated heterocycles. The molecule has 2 aliphatic heterocycles. The highest BCUT2D eigenvalue weighted by Gasteiger charge is 2.39. The van der Waals surface area contributed by atoms with E-state index in [2.05, 4.69) is 34.6 Å². The van der Waals surface area contributed by atoms with Crippen LogP contribution in [0.15, 0.2) is 91.0 Å². The van der Waals surface area contributed by atoms with E-state index in [1.807, 2.05) is 72.8 Å². The maximum atomic E-state index is 13.2. The largest absolute Gasteiger partial charge is 0.493 e. The number of nitrogens with zero attached hydrogens (tertiary/aromatic N) is 1. The number of aliphatic hydroxyl groups excluding tert-OH is 1. The average Bonchev–Trinajstić information content (AvgIpc) is 3.18. The summed E-state index contributed by atoms with van der Waals surface area (Å²) in [5.74, 6) is 0.907. The normalized spacial score (nSPS) is 20.6. The number of carbonyl (C=O) groups excluding carboxylic acids is 2. The standard InChI is InChI=1S/C41H47N3O8/c1-26-37(24-44-18-17-30-21-35(48-2)36(49-3)22-32(30)23-44)51-40(52-38(26)29-15-13-28(25-45)14-16-29)31-11-8-12-33(20-31)42-41(47)43-34(39(46)50-4)19-27-9-6-5-7-10-27/h5-16,20-22,26,34,37-38,40,45H,17-19,23-25H2,1-4H3,(H2,42,43,47)/t26-,34-,37+,38+,40+/m0/s1. The van der Waals surface area contributed by atoms with E-state index < -0.39 is 24.3 Å². The molecule has 0 aliphatic carbocycles. The molecule has 2 amide bonds. The summed E-state index contributed by atoms with van der Waals surface area (Å²) < 4.78 is 29.5. The number of urea groups is 1. The van der Waals surface area contributed by atoms with Crippen molar-refractivity contribution < 1.29 is 38.4 Å². The third-order valence-electron chi connectivity index (χ3n) is 9.85. The number of rotatable bonds is 12. The minimum absolute atomic E-state index is 0.00465. The van der Waals surface area contributed by atoms with Gasteiger partial charge in [0.25, 0.3) is 0 Å². The number of anilines is 1. The summed E-state index contributed by atoms with van der Waals surface area (Å²) in [4.78, 5) is 28.1. The minimum atomic E-state index is -0.870. The van der Waals surface area contributed by atoms with Crippen molar-refractivity contribution in [2.45, 2.75) is 57.5 Å². The van der Waals surface area contributed by atoms with E-state index >= 15 is 0 Å². The van der Waals surface area contributed by atoms with Crippen molar-refractivity contribution in [2.75, 3.05) is 39.7 Å². The molecule has 11 nitrogen and oxygen atoms in total. The number of aliphatic hydroxyl groups is 1. The summed E-state index contributed by atoms with van der Waals surface area (Å²) in [7, 11) is 4.61. The summed E-state index contributed by atoms with van der Waals surface area (Å²) in [5.41, 5.74) is 6.41. The van der Waals surface area contributed by atoms with Gasteiger partial charge in [-0.25, -0.2) is 9.59 Å². The molecule has 6 rings (SSSR count). The topological polar surface area (TPSA) is 128 Å². The van der Waals surface area contributed by atoms with E-state index in [0.717, 1.165) is 47.5 Å². The Balaban J connectivity index is 1.20. The lowest BCUT2D eigenvalue weighted by molar-refractivity contribution is -0.276. The lowest BCUT2D eigenvalue weighted by atomic mass is 9.89. The molecule has 52 heavy (non-hydrogen) atoms. The molecule has 0 radical (unpaired) electrons. The Labute approximate surface area is 304 Å². The van der Waals surface area contributed by atoms with Crippen molar-refractivity contribution in [2.24, 2.45) is 5.92 Å². The Morgan fingerprint density at radius 2 is 1.60 bits per heavy atom. The van der Waals surface area contributed by atoms with Crippen molar-refractivity contribution >= 4 is 17.7 Å². The van der Waals surface area contributed by atoms with Gasteiger partial charge >= 0.3 is 12.0 Å². The molecule has 0 aromatic heterocycles. The Morgan fingerprint density at radius 3 is 2.29 bits per heavy atom. The van der Waals surface area contributed by atoms with E-state index in [1.165, 1.54) is 18.2 Å². The van der Waals surface area contributed by atoms with E-state index in [1.54, 1.807) is 20.3 Å². The maximum absolute atomic E-state index is 13.2. The quantitative estimate of drug-likeness (QED) is 0.153. The predicted molar refractivity (Wildman–Crippen MR) is 196 cm³/mol. The molecule has 1 fully saturated rings. The van der Waals surface area contributed by atoms with Gasteiger partial charge in [-0.15, -0.1) is 0 Å². The first-order valence-electron chi connectivity index (χ1n) is 17.5. The van der Waals surface area contributed by atoms with Crippen LogP contribution in [0.3, 0.4) is 0 Å². The van der Waals surface area contributed by atoms with Crippen LogP contribution >= 0.6 is 0 Å². The number of fused-ring (bicyclic) bond motifs is 1. The van der Waals surface area contributed by atoms with Gasteiger partial charge in [-0.3, -0.25) is 4.90 Å². The second-order valence-corrected chi connectivity index (χ2v) is 13.3. The van der Waals surface area contributed by atoms with Crippen molar-refractivity contribution in [1.29, 1.82) is 0 Å². The molecule has 0 bridgehead atoms. The van der Waals surface area contributed by atoms with Gasteiger partial charge < -0.3 is 39.4 Å². The molecule has 2 aliphatic rings. The molecule has 4 aromatic rings. The molecule has 274 valence electrons. The zero-order valence-corrected chi connectivity index (χ0v) is 30.0. The Bertz CT molecular complexity index is 1820. The van der Waals surface area contributed by atoms with Crippen LogP contribution in [0.25, 0.3) is 0 Å². The molecular formula is C41H47N3O8. The fraction of sp³-hybridized carbons (Fsp3) is 0.366. The van der Waals surface area contributed by atoms with Crippen LogP contribution in [0.5, 0.6) is 11.5 Å². The van der Waals surface area contributed by atoms with E-state index in [4.69, 9.17) is 23.7 Å². The van der Waals surface area contributed by atoms with Crippen molar-refractivity contribution in [3.05, 3.63) is 124 Å². The van der Waals surface area contributed by atoms with Crippen LogP contribution in [0.4, 0.5) is 10.5 Å². The fourth-order valence-electron chi connectivity index (χ4n) is 6.95. The number of methoxy groups -OCH3 is 3. The molecule has 0 spiro atoms. The van der Waals surface area contributed by atoms with E-state index in [9.17, 15) is 14.7 Å². The van der Waals surface area contributed by atoms with Gasteiger partial charge in [0, 0.05) is 43.2 Å². The van der Waals surface area contributed by atoms with Crippen LogP contribution in [0, 0.1) is 5.92 Å². The number of amides is 2. The SMILES string of the molecule is COC(=O)[C@H](Cc1ccccc1)NC(=O)Nc1cccc([C@@H]2O[C@H](CN3CCc4cc(OC)c(OC)cc4C3)[C@H](C)[C@H](c3ccc(CO)cc3)O2)c1. The van der Waals surface area contributed by atoms with Gasteiger partial charge in [-0.05, 0) is 58.5 Å². The molecule has 3 N–H and O–H groups in total. The monoisotopic (exact) mass is 709 g/mol. The zero-order valence-electron chi connectivity index (χ0n) is 30.0. The summed E-state index contributed by atoms with van der Waals surface area (Å²) in [6.45, 7) is 4.39. The number of hydrogen-bond acceptors (Lipinski definition) is 9. The maximum Gasteiger partial charge on any atom is 0.328 e. The molecule has 4 aromatic carbocycles. The molecule has 0 saturated carbocycles. The first-order valence-corrected chi connectivity index (χ1v) is 17.5. The van der Waals surface area contributed by atoms with Crippen LogP contribution in [-0.2, 0) is 45.0 Å². The lowest BCUT2D eigenvalue weighted by Crippen LogP contribution is -2.45. The number of hydrogen-bond donors (Lipinski definition) is 3. The number of ether oxygens (including phenoxy) is 5. The first kappa shape index (κ1) is 36.8. The van der Waals surface area contributed by atoms with Gasteiger partial charge in [0.15, 0.2) is 17.8 Å². The van der Waals surface area contributed by atoms with Crippen molar-refractivity contribution in [3.8, 4) is 11.5 Å². The smallest absolute Gasteiger partial charge is 0.328 e. The molecule has 5 atom stereocenters. The van der Waals surface area contributed by atoms with E-state index in [-0.39, 0.29) is 31.2 Å². The number of nitrogens with one attached hydrogen (secondary N) is 2.